The first-order chi connectivity index (χ1) is 15.0. The van der Waals surface area contributed by atoms with Crippen LogP contribution >= 0.6 is 11.6 Å². The van der Waals surface area contributed by atoms with Crippen molar-refractivity contribution in [2.45, 2.75) is 33.4 Å². The van der Waals surface area contributed by atoms with Crippen LogP contribution in [-0.2, 0) is 11.5 Å². The summed E-state index contributed by atoms with van der Waals surface area (Å²) in [5.74, 6) is -0.0438. The zero-order chi connectivity index (χ0) is 22.2. The molecule has 0 unspecified atom stereocenters. The Morgan fingerprint density at radius 2 is 1.77 bits per heavy atom. The Balaban J connectivity index is 1.78. The van der Waals surface area contributed by atoms with Gasteiger partial charge in [-0.25, -0.2) is 0 Å². The zero-order valence-electron chi connectivity index (χ0n) is 17.8. The van der Waals surface area contributed by atoms with E-state index in [4.69, 9.17) is 16.3 Å². The summed E-state index contributed by atoms with van der Waals surface area (Å²) in [6, 6.07) is 14.3. The van der Waals surface area contributed by atoms with Gasteiger partial charge in [0.25, 0.3) is 0 Å². The van der Waals surface area contributed by atoms with Crippen molar-refractivity contribution < 1.29 is 14.6 Å². The van der Waals surface area contributed by atoms with E-state index in [9.17, 15) is 9.90 Å². The van der Waals surface area contributed by atoms with E-state index in [2.05, 4.69) is 29.0 Å². The number of amides is 1. The maximum Gasteiger partial charge on any atom is 0.302 e. The van der Waals surface area contributed by atoms with E-state index in [1.165, 1.54) is 0 Å². The summed E-state index contributed by atoms with van der Waals surface area (Å²) in [6.45, 7) is 6.40. The summed E-state index contributed by atoms with van der Waals surface area (Å²) in [5.41, 5.74) is 1.12. The number of ether oxygens (including phenoxy) is 1. The molecule has 1 heterocycles. The van der Waals surface area contributed by atoms with Gasteiger partial charge in [0.1, 0.15) is 5.75 Å². The van der Waals surface area contributed by atoms with Crippen LogP contribution in [0.4, 0.5) is 5.69 Å². The molecule has 31 heavy (non-hydrogen) atoms. The van der Waals surface area contributed by atoms with Gasteiger partial charge in [-0.2, -0.15) is 0 Å². The molecular formula is C23H27ClN4O3. The maximum absolute atomic E-state index is 12.2. The Morgan fingerprint density at radius 3 is 2.45 bits per heavy atom. The molecule has 2 aromatic carbocycles. The van der Waals surface area contributed by atoms with Crippen LogP contribution in [0.1, 0.15) is 26.7 Å². The molecular weight excluding hydrogens is 416 g/mol. The van der Waals surface area contributed by atoms with Crippen LogP contribution in [0.15, 0.2) is 58.8 Å². The van der Waals surface area contributed by atoms with Crippen LogP contribution in [0.3, 0.4) is 0 Å². The number of azo groups is 1. The molecule has 0 bridgehead atoms. The molecule has 0 fully saturated rings. The number of para-hydroxylation sites is 1. The number of rotatable bonds is 10. The summed E-state index contributed by atoms with van der Waals surface area (Å²) < 4.78 is 7.21. The third kappa shape index (κ3) is 5.83. The van der Waals surface area contributed by atoms with Gasteiger partial charge in [0, 0.05) is 10.4 Å². The lowest BCUT2D eigenvalue weighted by Crippen LogP contribution is -2.27. The van der Waals surface area contributed by atoms with Crippen molar-refractivity contribution in [2.24, 2.45) is 10.2 Å². The second-order valence-electron chi connectivity index (χ2n) is 7.21. The molecule has 0 spiro atoms. The highest BCUT2D eigenvalue weighted by Crippen LogP contribution is 2.39. The van der Waals surface area contributed by atoms with Crippen LogP contribution in [0.5, 0.6) is 11.6 Å². The minimum atomic E-state index is -0.551. The molecule has 0 atom stereocenters. The molecule has 8 heteroatoms. The zero-order valence-corrected chi connectivity index (χ0v) is 18.5. The van der Waals surface area contributed by atoms with E-state index in [-0.39, 0.29) is 18.2 Å². The number of aromatic nitrogens is 1. The minimum Gasteiger partial charge on any atom is -0.493 e. The average Bonchev–Trinajstić information content (AvgIpc) is 3.03. The van der Waals surface area contributed by atoms with Crippen LogP contribution in [0.2, 0.25) is 5.02 Å². The number of aromatic hydroxyl groups is 1. The molecule has 7 nitrogen and oxygen atoms in total. The SMILES string of the molecule is CCCN(CCC)Cn1c(O)c(N=NC(=O)COc2ccc(Cl)cc2)c2ccccc21. The van der Waals surface area contributed by atoms with Gasteiger partial charge in [-0.3, -0.25) is 14.3 Å². The van der Waals surface area contributed by atoms with Gasteiger partial charge in [-0.05, 0) is 56.3 Å². The third-order valence-corrected chi connectivity index (χ3v) is 5.03. The number of benzene rings is 2. The Morgan fingerprint density at radius 1 is 1.10 bits per heavy atom. The summed E-state index contributed by atoms with van der Waals surface area (Å²) in [5, 5.41) is 20.0. The topological polar surface area (TPSA) is 79.4 Å². The predicted molar refractivity (Wildman–Crippen MR) is 122 cm³/mol. The fourth-order valence-electron chi connectivity index (χ4n) is 3.41. The number of halogens is 1. The maximum atomic E-state index is 12.2. The first-order valence-corrected chi connectivity index (χ1v) is 10.8. The van der Waals surface area contributed by atoms with E-state index < -0.39 is 5.91 Å². The van der Waals surface area contributed by atoms with Crippen LogP contribution < -0.4 is 4.74 Å². The van der Waals surface area contributed by atoms with Crippen molar-refractivity contribution in [3.63, 3.8) is 0 Å². The van der Waals surface area contributed by atoms with Crippen LogP contribution in [-0.4, -0.2) is 40.2 Å². The Hall–Kier alpha value is -2.90. The summed E-state index contributed by atoms with van der Waals surface area (Å²) in [4.78, 5) is 14.4. The average molecular weight is 443 g/mol. The van der Waals surface area contributed by atoms with Crippen molar-refractivity contribution in [3.8, 4) is 11.6 Å². The van der Waals surface area contributed by atoms with Gasteiger partial charge in [0.15, 0.2) is 12.3 Å². The Labute approximate surface area is 186 Å². The van der Waals surface area contributed by atoms with Crippen LogP contribution in [0.25, 0.3) is 10.9 Å². The lowest BCUT2D eigenvalue weighted by atomic mass is 10.2. The van der Waals surface area contributed by atoms with Gasteiger partial charge in [-0.1, -0.05) is 43.6 Å². The molecule has 164 valence electrons. The van der Waals surface area contributed by atoms with E-state index in [1.54, 1.807) is 24.3 Å². The van der Waals surface area contributed by atoms with E-state index in [0.29, 0.717) is 17.4 Å². The van der Waals surface area contributed by atoms with Crippen molar-refractivity contribution in [3.05, 3.63) is 53.6 Å². The Kier molecular flexibility index (Phi) is 8.03. The van der Waals surface area contributed by atoms with E-state index in [0.717, 1.165) is 36.8 Å². The van der Waals surface area contributed by atoms with Crippen molar-refractivity contribution >= 4 is 34.1 Å². The molecule has 3 aromatic rings. The lowest BCUT2D eigenvalue weighted by Gasteiger charge is -2.22. The minimum absolute atomic E-state index is 0.00595. The quantitative estimate of drug-likeness (QED) is 0.404. The number of carbonyl (C=O) groups excluding carboxylic acids is 1. The lowest BCUT2D eigenvalue weighted by molar-refractivity contribution is -0.120. The van der Waals surface area contributed by atoms with Crippen molar-refractivity contribution in [1.82, 2.24) is 9.47 Å². The predicted octanol–water partition coefficient (Wildman–Crippen LogP) is 5.77. The highest BCUT2D eigenvalue weighted by atomic mass is 35.5. The Bertz CT molecular complexity index is 1040. The monoisotopic (exact) mass is 442 g/mol. The van der Waals surface area contributed by atoms with Gasteiger partial charge in [0.05, 0.1) is 12.2 Å². The fourth-order valence-corrected chi connectivity index (χ4v) is 3.54. The highest BCUT2D eigenvalue weighted by Gasteiger charge is 2.18. The molecule has 1 amide bonds. The first-order valence-electron chi connectivity index (χ1n) is 10.4. The van der Waals surface area contributed by atoms with E-state index >= 15 is 0 Å². The molecule has 0 aliphatic heterocycles. The molecule has 0 saturated carbocycles. The largest absolute Gasteiger partial charge is 0.493 e. The molecule has 0 radical (unpaired) electrons. The second kappa shape index (κ2) is 10.9. The number of hydrogen-bond donors (Lipinski definition) is 1. The molecule has 1 aromatic heterocycles. The normalized spacial score (nSPS) is 11.6. The van der Waals surface area contributed by atoms with Gasteiger partial charge in [0.2, 0.25) is 5.88 Å². The van der Waals surface area contributed by atoms with Crippen LogP contribution in [0, 0.1) is 0 Å². The number of nitrogens with zero attached hydrogens (tertiary/aromatic N) is 4. The summed E-state index contributed by atoms with van der Waals surface area (Å²) in [7, 11) is 0. The highest BCUT2D eigenvalue weighted by molar-refractivity contribution is 6.30. The molecule has 1 N–H and O–H groups in total. The second-order valence-corrected chi connectivity index (χ2v) is 7.65. The molecule has 0 aliphatic carbocycles. The van der Waals surface area contributed by atoms with Gasteiger partial charge in [-0.15, -0.1) is 10.2 Å². The number of hydrogen-bond acceptors (Lipinski definition) is 5. The first kappa shape index (κ1) is 22.8. The number of carbonyl (C=O) groups is 1. The van der Waals surface area contributed by atoms with Gasteiger partial charge >= 0.3 is 5.91 Å². The van der Waals surface area contributed by atoms with Crippen molar-refractivity contribution in [2.75, 3.05) is 19.7 Å². The summed E-state index contributed by atoms with van der Waals surface area (Å²) >= 11 is 5.84. The third-order valence-electron chi connectivity index (χ3n) is 4.78. The fraction of sp³-hybridized carbons (Fsp3) is 0.348. The van der Waals surface area contributed by atoms with E-state index in [1.807, 2.05) is 28.8 Å². The molecule has 0 aliphatic rings. The summed E-state index contributed by atoms with van der Waals surface area (Å²) in [6.07, 6.45) is 2.04. The molecule has 0 saturated heterocycles. The standard InChI is InChI=1S/C23H27ClN4O3/c1-3-13-27(14-4-2)16-28-20-8-6-5-7-19(20)22(23(28)30)26-25-21(29)15-31-18-11-9-17(24)10-12-18/h5-12,30H,3-4,13-16H2,1-2H3. The van der Waals surface area contributed by atoms with Gasteiger partial charge < -0.3 is 9.84 Å². The molecule has 3 rings (SSSR count). The van der Waals surface area contributed by atoms with Crippen molar-refractivity contribution in [1.29, 1.82) is 0 Å². The smallest absolute Gasteiger partial charge is 0.302 e. The number of fused-ring (bicyclic) bond motifs is 1.